The third-order valence-electron chi connectivity index (χ3n) is 2.11. The van der Waals surface area contributed by atoms with Crippen LogP contribution in [-0.4, -0.2) is 33.4 Å². The molecule has 0 bridgehead atoms. The number of hydrogen-bond donors (Lipinski definition) is 1. The molecule has 0 aliphatic carbocycles. The monoisotopic (exact) mass is 280 g/mol. The van der Waals surface area contributed by atoms with Crippen molar-refractivity contribution in [2.24, 2.45) is 0 Å². The van der Waals surface area contributed by atoms with E-state index in [1.807, 2.05) is 0 Å². The quantitative estimate of drug-likeness (QED) is 0.588. The van der Waals surface area contributed by atoms with E-state index in [9.17, 15) is 16.8 Å². The van der Waals surface area contributed by atoms with E-state index in [1.165, 1.54) is 12.1 Å². The molecule has 0 spiro atoms. The summed E-state index contributed by atoms with van der Waals surface area (Å²) in [4.78, 5) is 0.212. The summed E-state index contributed by atoms with van der Waals surface area (Å²) in [7, 11) is -7.15. The molecule has 1 rings (SSSR count). The van der Waals surface area contributed by atoms with Crippen LogP contribution in [0.4, 0.5) is 0 Å². The van der Waals surface area contributed by atoms with Gasteiger partial charge in [-0.25, -0.2) is 13.0 Å². The Hall–Kier alpha value is -0.990. The van der Waals surface area contributed by atoms with Crippen molar-refractivity contribution in [2.75, 3.05) is 12.0 Å². The van der Waals surface area contributed by atoms with Gasteiger partial charge in [-0.05, 0) is 0 Å². The van der Waals surface area contributed by atoms with Gasteiger partial charge in [0.15, 0.2) is 22.2 Å². The van der Waals surface area contributed by atoms with Gasteiger partial charge in [-0.3, -0.25) is 4.55 Å². The molecule has 0 radical (unpaired) electrons. The average molecular weight is 280 g/mol. The summed E-state index contributed by atoms with van der Waals surface area (Å²) < 4.78 is 53.5. The van der Waals surface area contributed by atoms with Gasteiger partial charge in [0.2, 0.25) is 0 Å². The van der Waals surface area contributed by atoms with E-state index in [1.54, 1.807) is 17.0 Å². The first-order valence-corrected chi connectivity index (χ1v) is 8.33. The van der Waals surface area contributed by atoms with E-state index < -0.39 is 20.0 Å². The van der Waals surface area contributed by atoms with Crippen LogP contribution in [0.3, 0.4) is 0 Å². The zero-order valence-corrected chi connectivity index (χ0v) is 10.9. The minimum atomic E-state index is -3.93. The summed E-state index contributed by atoms with van der Waals surface area (Å²) in [6.45, 7) is 0.393. The van der Waals surface area contributed by atoms with Gasteiger partial charge in [0, 0.05) is 24.8 Å². The summed E-state index contributed by atoms with van der Waals surface area (Å²) in [5.41, 5.74) is 0. The molecule has 0 fully saturated rings. The predicted molar refractivity (Wildman–Crippen MR) is 60.8 cm³/mol. The Balaban J connectivity index is 2.64. The first-order valence-electron chi connectivity index (χ1n) is 4.83. The minimum Gasteiger partial charge on any atom is -0.286 e. The standard InChI is InChI=1S/C9H13NO5S2/c1-16(11,12)9-3-6-10(7-4-9)5-2-8-17(13,14)15/h3-4,6-7H,2,5,8H2,1H3/p+1. The van der Waals surface area contributed by atoms with Crippen LogP contribution in [0.5, 0.6) is 0 Å². The molecule has 1 heterocycles. The summed E-state index contributed by atoms with van der Waals surface area (Å²) in [6, 6.07) is 2.89. The lowest BCUT2D eigenvalue weighted by molar-refractivity contribution is -0.697. The Morgan fingerprint density at radius 3 is 2.12 bits per heavy atom. The lowest BCUT2D eigenvalue weighted by atomic mass is 10.4. The van der Waals surface area contributed by atoms with Gasteiger partial charge in [0.05, 0.1) is 10.6 Å². The second-order valence-electron chi connectivity index (χ2n) is 3.68. The van der Waals surface area contributed by atoms with Crippen molar-refractivity contribution in [3.8, 4) is 0 Å². The molecule has 0 unspecified atom stereocenters. The number of hydrogen-bond acceptors (Lipinski definition) is 4. The normalized spacial score (nSPS) is 12.6. The summed E-state index contributed by atoms with van der Waals surface area (Å²) in [5.74, 6) is -0.312. The number of rotatable bonds is 5. The number of pyridine rings is 1. The van der Waals surface area contributed by atoms with Crippen molar-refractivity contribution in [1.29, 1.82) is 0 Å². The van der Waals surface area contributed by atoms with Crippen molar-refractivity contribution in [2.45, 2.75) is 17.9 Å². The molecular formula is C9H14NO5S2+. The Labute approximate surface area is 101 Å². The molecule has 0 aliphatic rings. The lowest BCUT2D eigenvalue weighted by Crippen LogP contribution is -2.33. The van der Waals surface area contributed by atoms with Crippen LogP contribution in [-0.2, 0) is 26.5 Å². The molecule has 0 saturated heterocycles. The van der Waals surface area contributed by atoms with Gasteiger partial charge in [-0.15, -0.1) is 0 Å². The smallest absolute Gasteiger partial charge is 0.265 e. The maximum absolute atomic E-state index is 11.2. The number of aryl methyl sites for hydroxylation is 1. The second-order valence-corrected chi connectivity index (χ2v) is 7.27. The van der Waals surface area contributed by atoms with Crippen molar-refractivity contribution in [3.63, 3.8) is 0 Å². The minimum absolute atomic E-state index is 0.212. The maximum atomic E-state index is 11.2. The van der Waals surface area contributed by atoms with Crippen LogP contribution < -0.4 is 4.57 Å². The van der Waals surface area contributed by atoms with Crippen LogP contribution in [0.25, 0.3) is 0 Å². The Kier molecular flexibility index (Phi) is 4.23. The average Bonchev–Trinajstić information content (AvgIpc) is 2.15. The number of aromatic nitrogens is 1. The number of nitrogens with zero attached hydrogens (tertiary/aromatic N) is 1. The van der Waals surface area contributed by atoms with Crippen molar-refractivity contribution in [1.82, 2.24) is 0 Å². The van der Waals surface area contributed by atoms with Crippen LogP contribution in [0.2, 0.25) is 0 Å². The molecule has 8 heteroatoms. The van der Waals surface area contributed by atoms with E-state index in [0.29, 0.717) is 6.54 Å². The fraction of sp³-hybridized carbons (Fsp3) is 0.444. The maximum Gasteiger partial charge on any atom is 0.265 e. The van der Waals surface area contributed by atoms with Gasteiger partial charge >= 0.3 is 0 Å². The molecule has 0 saturated carbocycles. The third kappa shape index (κ3) is 5.24. The molecule has 0 atom stereocenters. The molecule has 1 aromatic rings. The number of sulfone groups is 1. The van der Waals surface area contributed by atoms with E-state index in [2.05, 4.69) is 0 Å². The first kappa shape index (κ1) is 14.1. The van der Waals surface area contributed by atoms with Gasteiger partial charge in [-0.1, -0.05) is 0 Å². The zero-order valence-electron chi connectivity index (χ0n) is 9.27. The highest BCUT2D eigenvalue weighted by molar-refractivity contribution is 7.90. The summed E-state index contributed by atoms with van der Waals surface area (Å²) in [5, 5.41) is 0. The Morgan fingerprint density at radius 1 is 1.18 bits per heavy atom. The molecule has 1 aromatic heterocycles. The molecule has 17 heavy (non-hydrogen) atoms. The van der Waals surface area contributed by atoms with E-state index >= 15 is 0 Å². The van der Waals surface area contributed by atoms with Gasteiger partial charge in [0.25, 0.3) is 10.1 Å². The third-order valence-corrected chi connectivity index (χ3v) is 4.04. The largest absolute Gasteiger partial charge is 0.286 e. The molecule has 96 valence electrons. The van der Waals surface area contributed by atoms with Gasteiger partial charge in [0.1, 0.15) is 6.54 Å². The second kappa shape index (κ2) is 5.11. The van der Waals surface area contributed by atoms with Crippen LogP contribution in [0.1, 0.15) is 6.42 Å². The van der Waals surface area contributed by atoms with Crippen molar-refractivity contribution in [3.05, 3.63) is 24.5 Å². The zero-order chi connectivity index (χ0) is 13.1. The Bertz CT molecular complexity index is 574. The molecule has 1 N–H and O–H groups in total. The van der Waals surface area contributed by atoms with E-state index in [4.69, 9.17) is 4.55 Å². The van der Waals surface area contributed by atoms with Crippen LogP contribution in [0.15, 0.2) is 29.4 Å². The molecule has 0 aromatic carbocycles. The highest BCUT2D eigenvalue weighted by Gasteiger charge is 2.10. The van der Waals surface area contributed by atoms with Gasteiger partial charge < -0.3 is 0 Å². The fourth-order valence-corrected chi connectivity index (χ4v) is 2.38. The predicted octanol–water partition coefficient (Wildman–Crippen LogP) is -0.344. The fourth-order valence-electron chi connectivity index (χ4n) is 1.27. The first-order chi connectivity index (χ1) is 7.68. The van der Waals surface area contributed by atoms with E-state index in [-0.39, 0.29) is 17.1 Å². The molecule has 0 amide bonds. The highest BCUT2D eigenvalue weighted by Crippen LogP contribution is 2.04. The van der Waals surface area contributed by atoms with Crippen LogP contribution in [0, 0.1) is 0 Å². The molecule has 0 aliphatic heterocycles. The molecule has 6 nitrogen and oxygen atoms in total. The SMILES string of the molecule is CS(=O)(=O)c1cc[n+](CCCS(=O)(=O)O)cc1. The Morgan fingerprint density at radius 2 is 1.71 bits per heavy atom. The lowest BCUT2D eigenvalue weighted by Gasteiger charge is -1.98. The van der Waals surface area contributed by atoms with E-state index in [0.717, 1.165) is 6.26 Å². The molecular weight excluding hydrogens is 266 g/mol. The summed E-state index contributed by atoms with van der Waals surface area (Å²) >= 11 is 0. The van der Waals surface area contributed by atoms with Crippen LogP contribution >= 0.6 is 0 Å². The topological polar surface area (TPSA) is 92.4 Å². The van der Waals surface area contributed by atoms with Crippen molar-refractivity contribution >= 4 is 20.0 Å². The summed E-state index contributed by atoms with van der Waals surface area (Å²) in [6.07, 6.45) is 4.49. The van der Waals surface area contributed by atoms with Gasteiger partial charge in [-0.2, -0.15) is 8.42 Å². The highest BCUT2D eigenvalue weighted by atomic mass is 32.2. The van der Waals surface area contributed by atoms with Crippen molar-refractivity contribution < 1.29 is 26.0 Å².